The van der Waals surface area contributed by atoms with Gasteiger partial charge in [0.15, 0.2) is 0 Å². The Balaban J connectivity index is 1.85. The molecule has 0 aromatic carbocycles. The Morgan fingerprint density at radius 3 is 2.68 bits per heavy atom. The van der Waals surface area contributed by atoms with Gasteiger partial charge in [0.2, 0.25) is 0 Å². The molecule has 2 aliphatic rings. The van der Waals surface area contributed by atoms with E-state index in [-0.39, 0.29) is 6.10 Å². The Hall–Kier alpha value is -0.120. The molecule has 0 aromatic heterocycles. The van der Waals surface area contributed by atoms with Crippen LogP contribution in [-0.4, -0.2) is 47.5 Å². The van der Waals surface area contributed by atoms with Gasteiger partial charge in [0, 0.05) is 25.6 Å². The summed E-state index contributed by atoms with van der Waals surface area (Å²) in [7, 11) is 0. The molecule has 0 amide bonds. The summed E-state index contributed by atoms with van der Waals surface area (Å²) in [6, 6.07) is 0. The van der Waals surface area contributed by atoms with Crippen LogP contribution in [0.2, 0.25) is 0 Å². The van der Waals surface area contributed by atoms with Crippen molar-refractivity contribution in [3.63, 3.8) is 0 Å². The maximum absolute atomic E-state index is 10.3. The monoisotopic (exact) mass is 269 g/mol. The molecule has 0 aromatic rings. The second kappa shape index (κ2) is 7.05. The van der Waals surface area contributed by atoms with E-state index in [1.807, 2.05) is 0 Å². The minimum Gasteiger partial charge on any atom is -0.396 e. The lowest BCUT2D eigenvalue weighted by atomic mass is 9.73. The van der Waals surface area contributed by atoms with Gasteiger partial charge in [-0.15, -0.1) is 0 Å². The zero-order valence-electron chi connectivity index (χ0n) is 12.6. The van der Waals surface area contributed by atoms with Gasteiger partial charge in [-0.2, -0.15) is 0 Å². The van der Waals surface area contributed by atoms with Crippen LogP contribution in [0.5, 0.6) is 0 Å². The number of hydrogen-bond donors (Lipinski definition) is 2. The zero-order chi connectivity index (χ0) is 13.8. The Labute approximate surface area is 118 Å². The topological polar surface area (TPSA) is 43.7 Å². The van der Waals surface area contributed by atoms with Gasteiger partial charge < -0.3 is 15.1 Å². The van der Waals surface area contributed by atoms with E-state index < -0.39 is 0 Å². The third kappa shape index (κ3) is 4.17. The summed E-state index contributed by atoms with van der Waals surface area (Å²) < 4.78 is 0. The van der Waals surface area contributed by atoms with Gasteiger partial charge in [-0.1, -0.05) is 13.8 Å². The van der Waals surface area contributed by atoms with Crippen molar-refractivity contribution in [2.75, 3.05) is 26.2 Å². The Kier molecular flexibility index (Phi) is 5.67. The summed E-state index contributed by atoms with van der Waals surface area (Å²) in [5.74, 6) is 2.42. The van der Waals surface area contributed by atoms with E-state index in [1.54, 1.807) is 0 Å². The predicted octanol–water partition coefficient (Wildman–Crippen LogP) is 2.12. The maximum atomic E-state index is 10.3. The normalized spacial score (nSPS) is 41.4. The molecule has 1 saturated heterocycles. The lowest BCUT2D eigenvalue weighted by molar-refractivity contribution is -0.00925. The number of hydrogen-bond acceptors (Lipinski definition) is 3. The Morgan fingerprint density at radius 1 is 1.21 bits per heavy atom. The summed E-state index contributed by atoms with van der Waals surface area (Å²) in [4.78, 5) is 2.53. The maximum Gasteiger partial charge on any atom is 0.0585 e. The molecule has 0 bridgehead atoms. The highest BCUT2D eigenvalue weighted by Gasteiger charge is 2.34. The van der Waals surface area contributed by atoms with Crippen LogP contribution < -0.4 is 0 Å². The highest BCUT2D eigenvalue weighted by molar-refractivity contribution is 4.86. The Morgan fingerprint density at radius 2 is 2.00 bits per heavy atom. The molecule has 1 heterocycles. The van der Waals surface area contributed by atoms with E-state index in [0.29, 0.717) is 30.3 Å². The molecular formula is C16H31NO2. The third-order valence-corrected chi connectivity index (χ3v) is 5.25. The smallest absolute Gasteiger partial charge is 0.0585 e. The Bertz CT molecular complexity index is 257. The SMILES string of the molecule is CC1CC(C)C(CN2CCCC(CCO)C2)C(O)C1. The number of aliphatic hydroxyl groups excluding tert-OH is 2. The summed E-state index contributed by atoms with van der Waals surface area (Å²) in [6.07, 6.45) is 5.57. The molecule has 5 atom stereocenters. The van der Waals surface area contributed by atoms with Crippen LogP contribution in [0.1, 0.15) is 46.0 Å². The van der Waals surface area contributed by atoms with Gasteiger partial charge >= 0.3 is 0 Å². The molecule has 5 unspecified atom stereocenters. The van der Waals surface area contributed by atoms with Crippen LogP contribution in [0, 0.1) is 23.7 Å². The molecule has 3 nitrogen and oxygen atoms in total. The van der Waals surface area contributed by atoms with Crippen molar-refractivity contribution in [1.29, 1.82) is 0 Å². The van der Waals surface area contributed by atoms with Gasteiger partial charge in [-0.25, -0.2) is 0 Å². The van der Waals surface area contributed by atoms with Crippen molar-refractivity contribution < 1.29 is 10.2 Å². The van der Waals surface area contributed by atoms with Crippen LogP contribution in [0.4, 0.5) is 0 Å². The van der Waals surface area contributed by atoms with Crippen LogP contribution in [-0.2, 0) is 0 Å². The number of aliphatic hydroxyl groups is 2. The first-order valence-electron chi connectivity index (χ1n) is 8.11. The number of likely N-dealkylation sites (tertiary alicyclic amines) is 1. The van der Waals surface area contributed by atoms with E-state index in [9.17, 15) is 5.11 Å². The summed E-state index contributed by atoms with van der Waals surface area (Å²) >= 11 is 0. The van der Waals surface area contributed by atoms with Gasteiger partial charge in [0.1, 0.15) is 0 Å². The fourth-order valence-corrected chi connectivity index (χ4v) is 4.21. The molecule has 2 fully saturated rings. The summed E-state index contributed by atoms with van der Waals surface area (Å²) in [6.45, 7) is 8.22. The zero-order valence-corrected chi connectivity index (χ0v) is 12.6. The lowest BCUT2D eigenvalue weighted by Gasteiger charge is -2.41. The third-order valence-electron chi connectivity index (χ3n) is 5.25. The van der Waals surface area contributed by atoms with Gasteiger partial charge in [-0.3, -0.25) is 0 Å². The van der Waals surface area contributed by atoms with Crippen LogP contribution in [0.25, 0.3) is 0 Å². The second-order valence-electron chi connectivity index (χ2n) is 7.07. The summed E-state index contributed by atoms with van der Waals surface area (Å²) in [5, 5.41) is 19.4. The second-order valence-corrected chi connectivity index (χ2v) is 7.07. The van der Waals surface area contributed by atoms with E-state index in [4.69, 9.17) is 5.11 Å². The quantitative estimate of drug-likeness (QED) is 0.821. The first kappa shape index (κ1) is 15.3. The summed E-state index contributed by atoms with van der Waals surface area (Å²) in [5.41, 5.74) is 0. The van der Waals surface area contributed by atoms with Crippen molar-refractivity contribution in [3.05, 3.63) is 0 Å². The molecule has 1 aliphatic carbocycles. The van der Waals surface area contributed by atoms with Gasteiger partial charge in [-0.05, 0) is 56.4 Å². The van der Waals surface area contributed by atoms with E-state index >= 15 is 0 Å². The molecule has 1 saturated carbocycles. The van der Waals surface area contributed by atoms with E-state index in [0.717, 1.165) is 25.9 Å². The van der Waals surface area contributed by atoms with Gasteiger partial charge in [0.05, 0.1) is 6.10 Å². The van der Waals surface area contributed by atoms with Gasteiger partial charge in [0.25, 0.3) is 0 Å². The fraction of sp³-hybridized carbons (Fsp3) is 1.00. The molecule has 0 radical (unpaired) electrons. The molecule has 2 rings (SSSR count). The van der Waals surface area contributed by atoms with Crippen molar-refractivity contribution in [2.45, 2.75) is 52.1 Å². The van der Waals surface area contributed by atoms with Crippen LogP contribution >= 0.6 is 0 Å². The van der Waals surface area contributed by atoms with E-state index in [2.05, 4.69) is 18.7 Å². The van der Waals surface area contributed by atoms with Crippen molar-refractivity contribution in [1.82, 2.24) is 4.90 Å². The highest BCUT2D eigenvalue weighted by atomic mass is 16.3. The van der Waals surface area contributed by atoms with Crippen molar-refractivity contribution in [2.24, 2.45) is 23.7 Å². The highest BCUT2D eigenvalue weighted by Crippen LogP contribution is 2.35. The van der Waals surface area contributed by atoms with Crippen LogP contribution in [0.3, 0.4) is 0 Å². The number of rotatable bonds is 4. The molecular weight excluding hydrogens is 238 g/mol. The molecule has 0 spiro atoms. The largest absolute Gasteiger partial charge is 0.396 e. The van der Waals surface area contributed by atoms with Crippen molar-refractivity contribution >= 4 is 0 Å². The average Bonchev–Trinajstić information content (AvgIpc) is 2.35. The minimum atomic E-state index is -0.114. The predicted molar refractivity (Wildman–Crippen MR) is 77.9 cm³/mol. The van der Waals surface area contributed by atoms with Crippen LogP contribution in [0.15, 0.2) is 0 Å². The fourth-order valence-electron chi connectivity index (χ4n) is 4.21. The first-order valence-corrected chi connectivity index (χ1v) is 8.11. The number of piperidine rings is 1. The minimum absolute atomic E-state index is 0.114. The lowest BCUT2D eigenvalue weighted by Crippen LogP contribution is -2.45. The molecule has 19 heavy (non-hydrogen) atoms. The molecule has 112 valence electrons. The standard InChI is InChI=1S/C16H31NO2/c1-12-8-13(2)15(16(19)9-12)11-17-6-3-4-14(10-17)5-7-18/h12-16,18-19H,3-11H2,1-2H3. The molecule has 1 aliphatic heterocycles. The average molecular weight is 269 g/mol. The first-order chi connectivity index (χ1) is 9.10. The number of nitrogens with zero attached hydrogens (tertiary/aromatic N) is 1. The van der Waals surface area contributed by atoms with Crippen molar-refractivity contribution in [3.8, 4) is 0 Å². The van der Waals surface area contributed by atoms with E-state index in [1.165, 1.54) is 25.8 Å². The molecule has 3 heteroatoms. The molecule has 2 N–H and O–H groups in total.